The molecule has 0 spiro atoms. The Balaban J connectivity index is 1.64. The van der Waals surface area contributed by atoms with Gasteiger partial charge in [-0.05, 0) is 43.3 Å². The zero-order chi connectivity index (χ0) is 18.0. The van der Waals surface area contributed by atoms with Crippen molar-refractivity contribution in [3.63, 3.8) is 0 Å². The van der Waals surface area contributed by atoms with E-state index in [0.717, 1.165) is 5.69 Å². The summed E-state index contributed by atoms with van der Waals surface area (Å²) in [6, 6.07) is 9.08. The van der Waals surface area contributed by atoms with Crippen molar-refractivity contribution in [2.75, 3.05) is 11.9 Å². The molecule has 2 aromatic heterocycles. The number of ether oxygens (including phenoxy) is 1. The van der Waals surface area contributed by atoms with E-state index < -0.39 is 10.0 Å². The lowest BCUT2D eigenvalue weighted by Crippen LogP contribution is -2.20. The van der Waals surface area contributed by atoms with Crippen LogP contribution in [0.25, 0.3) is 5.65 Å². The highest BCUT2D eigenvalue weighted by Gasteiger charge is 2.10. The van der Waals surface area contributed by atoms with Gasteiger partial charge in [-0.2, -0.15) is 0 Å². The summed E-state index contributed by atoms with van der Waals surface area (Å²) in [6.07, 6.45) is 3.70. The van der Waals surface area contributed by atoms with Gasteiger partial charge in [0.25, 0.3) is 5.91 Å². The van der Waals surface area contributed by atoms with Crippen molar-refractivity contribution in [3.8, 4) is 5.75 Å². The molecule has 0 aliphatic rings. The summed E-state index contributed by atoms with van der Waals surface area (Å²) in [5.74, 6) is 0.115. The lowest BCUT2D eigenvalue weighted by Gasteiger charge is -2.08. The normalized spacial score (nSPS) is 11.4. The number of sulfonamides is 1. The summed E-state index contributed by atoms with van der Waals surface area (Å²) in [5, 5.41) is 7.64. The number of hydrogen-bond acceptors (Lipinski definition) is 5. The van der Waals surface area contributed by atoms with Gasteiger partial charge in [0, 0.05) is 18.1 Å². The van der Waals surface area contributed by atoms with Crippen LogP contribution in [0.15, 0.2) is 53.7 Å². The van der Waals surface area contributed by atoms with E-state index in [-0.39, 0.29) is 17.4 Å². The molecule has 1 aromatic carbocycles. The van der Waals surface area contributed by atoms with Gasteiger partial charge in [-0.1, -0.05) is 0 Å². The number of pyridine rings is 1. The van der Waals surface area contributed by atoms with E-state index in [0.29, 0.717) is 17.1 Å². The predicted octanol–water partition coefficient (Wildman–Crippen LogP) is 1.31. The largest absolute Gasteiger partial charge is 0.480 e. The maximum Gasteiger partial charge on any atom is 0.262 e. The molecule has 9 heteroatoms. The van der Waals surface area contributed by atoms with Gasteiger partial charge in [-0.25, -0.2) is 18.5 Å². The van der Waals surface area contributed by atoms with Crippen molar-refractivity contribution in [1.82, 2.24) is 9.38 Å². The van der Waals surface area contributed by atoms with Crippen LogP contribution in [0.1, 0.15) is 5.69 Å². The molecule has 3 N–H and O–H groups in total. The number of aromatic nitrogens is 2. The first-order valence-corrected chi connectivity index (χ1v) is 8.87. The average molecular weight is 360 g/mol. The number of carbonyl (C=O) groups excluding carboxylic acids is 1. The van der Waals surface area contributed by atoms with Gasteiger partial charge in [-0.3, -0.25) is 4.79 Å². The van der Waals surface area contributed by atoms with Crippen LogP contribution in [0.5, 0.6) is 5.75 Å². The van der Waals surface area contributed by atoms with Crippen LogP contribution in [0.3, 0.4) is 0 Å². The van der Waals surface area contributed by atoms with Crippen LogP contribution in [-0.2, 0) is 14.8 Å². The first-order valence-electron chi connectivity index (χ1n) is 7.33. The first kappa shape index (κ1) is 16.9. The maximum atomic E-state index is 12.0. The minimum atomic E-state index is -3.76. The van der Waals surface area contributed by atoms with E-state index >= 15 is 0 Å². The Labute approximate surface area is 144 Å². The highest BCUT2D eigenvalue weighted by molar-refractivity contribution is 7.89. The molecule has 0 saturated carbocycles. The predicted molar refractivity (Wildman–Crippen MR) is 91.9 cm³/mol. The number of nitrogens with one attached hydrogen (secondary N) is 1. The van der Waals surface area contributed by atoms with Crippen molar-refractivity contribution in [2.24, 2.45) is 5.14 Å². The summed E-state index contributed by atoms with van der Waals surface area (Å²) >= 11 is 0. The minimum Gasteiger partial charge on any atom is -0.480 e. The Hall–Kier alpha value is -2.91. The minimum absolute atomic E-state index is 0.0249. The van der Waals surface area contributed by atoms with Gasteiger partial charge >= 0.3 is 0 Å². The summed E-state index contributed by atoms with van der Waals surface area (Å²) in [7, 11) is -3.76. The summed E-state index contributed by atoms with van der Waals surface area (Å²) in [6.45, 7) is 1.66. The van der Waals surface area contributed by atoms with Crippen molar-refractivity contribution in [2.45, 2.75) is 11.8 Å². The summed E-state index contributed by atoms with van der Waals surface area (Å²) in [5.41, 5.74) is 1.91. The fourth-order valence-corrected chi connectivity index (χ4v) is 2.81. The molecule has 0 fully saturated rings. The monoisotopic (exact) mass is 360 g/mol. The molecule has 3 rings (SSSR count). The van der Waals surface area contributed by atoms with Crippen LogP contribution in [0.2, 0.25) is 0 Å². The number of carbonyl (C=O) groups is 1. The smallest absolute Gasteiger partial charge is 0.262 e. The molecule has 3 aromatic rings. The van der Waals surface area contributed by atoms with E-state index in [4.69, 9.17) is 9.88 Å². The van der Waals surface area contributed by atoms with Crippen LogP contribution < -0.4 is 15.2 Å². The van der Waals surface area contributed by atoms with E-state index in [1.54, 1.807) is 12.1 Å². The van der Waals surface area contributed by atoms with Gasteiger partial charge in [0.15, 0.2) is 18.0 Å². The van der Waals surface area contributed by atoms with Crippen LogP contribution in [0, 0.1) is 6.92 Å². The quantitative estimate of drug-likeness (QED) is 0.712. The van der Waals surface area contributed by atoms with E-state index in [1.165, 1.54) is 24.3 Å². The number of rotatable bonds is 5. The molecule has 0 radical (unpaired) electrons. The SMILES string of the molecule is Cc1cn2cccc(OCC(=O)Nc3ccc(S(N)(=O)=O)cc3)c2n1. The lowest BCUT2D eigenvalue weighted by atomic mass is 10.3. The molecular formula is C16H16N4O4S. The van der Waals surface area contributed by atoms with Gasteiger partial charge in [0.05, 0.1) is 10.6 Å². The van der Waals surface area contributed by atoms with Gasteiger partial charge < -0.3 is 14.5 Å². The van der Waals surface area contributed by atoms with E-state index in [2.05, 4.69) is 10.3 Å². The molecule has 0 unspecified atom stereocenters. The fraction of sp³-hybridized carbons (Fsp3) is 0.125. The van der Waals surface area contributed by atoms with E-state index in [9.17, 15) is 13.2 Å². The molecule has 1 amide bonds. The number of aryl methyl sites for hydroxylation is 1. The molecule has 2 heterocycles. The zero-order valence-electron chi connectivity index (χ0n) is 13.3. The second-order valence-electron chi connectivity index (χ2n) is 5.39. The van der Waals surface area contributed by atoms with Gasteiger partial charge in [0.1, 0.15) is 0 Å². The third kappa shape index (κ3) is 3.95. The molecule has 0 aliphatic heterocycles. The molecule has 25 heavy (non-hydrogen) atoms. The van der Waals surface area contributed by atoms with Crippen molar-refractivity contribution >= 4 is 27.3 Å². The molecule has 0 aliphatic carbocycles. The van der Waals surface area contributed by atoms with Crippen molar-refractivity contribution in [1.29, 1.82) is 0 Å². The Morgan fingerprint density at radius 3 is 2.68 bits per heavy atom. The Morgan fingerprint density at radius 1 is 1.28 bits per heavy atom. The Morgan fingerprint density at radius 2 is 2.00 bits per heavy atom. The third-order valence-electron chi connectivity index (χ3n) is 3.39. The summed E-state index contributed by atoms with van der Waals surface area (Å²) < 4.78 is 29.7. The zero-order valence-corrected chi connectivity index (χ0v) is 14.2. The number of hydrogen-bond donors (Lipinski definition) is 2. The van der Waals surface area contributed by atoms with E-state index in [1.807, 2.05) is 23.7 Å². The Kier molecular flexibility index (Phi) is 4.43. The topological polar surface area (TPSA) is 116 Å². The third-order valence-corrected chi connectivity index (χ3v) is 4.32. The second-order valence-corrected chi connectivity index (χ2v) is 6.95. The van der Waals surface area contributed by atoms with Crippen LogP contribution >= 0.6 is 0 Å². The molecular weight excluding hydrogens is 344 g/mol. The van der Waals surface area contributed by atoms with Crippen LogP contribution in [0.4, 0.5) is 5.69 Å². The number of anilines is 1. The van der Waals surface area contributed by atoms with Crippen molar-refractivity contribution in [3.05, 3.63) is 54.5 Å². The standard InChI is InChI=1S/C16H16N4O4S/c1-11-9-20-8-2-3-14(16(20)18-11)24-10-15(21)19-12-4-6-13(7-5-12)25(17,22)23/h2-9H,10H2,1H3,(H,19,21)(H2,17,22,23). The lowest BCUT2D eigenvalue weighted by molar-refractivity contribution is -0.118. The highest BCUT2D eigenvalue weighted by atomic mass is 32.2. The van der Waals surface area contributed by atoms with Crippen LogP contribution in [-0.4, -0.2) is 30.3 Å². The number of fused-ring (bicyclic) bond motifs is 1. The van der Waals surface area contributed by atoms with Crippen molar-refractivity contribution < 1.29 is 17.9 Å². The Bertz CT molecular complexity index is 1030. The average Bonchev–Trinajstić information content (AvgIpc) is 2.93. The molecule has 8 nitrogen and oxygen atoms in total. The number of primary sulfonamides is 1. The molecule has 0 bridgehead atoms. The molecule has 0 saturated heterocycles. The summed E-state index contributed by atoms with van der Waals surface area (Å²) in [4.78, 5) is 16.3. The first-order chi connectivity index (χ1) is 11.8. The van der Waals surface area contributed by atoms with Gasteiger partial charge in [0.2, 0.25) is 10.0 Å². The number of benzene rings is 1. The molecule has 130 valence electrons. The number of imidazole rings is 1. The number of nitrogens with zero attached hydrogens (tertiary/aromatic N) is 2. The fourth-order valence-electron chi connectivity index (χ4n) is 2.29. The van der Waals surface area contributed by atoms with Gasteiger partial charge in [-0.15, -0.1) is 0 Å². The second kappa shape index (κ2) is 6.54. The highest BCUT2D eigenvalue weighted by Crippen LogP contribution is 2.19. The number of amides is 1. The maximum absolute atomic E-state index is 12.0. The number of nitrogens with two attached hydrogens (primary N) is 1. The molecule has 0 atom stereocenters.